The molecule has 0 atom stereocenters. The Labute approximate surface area is 115 Å². The van der Waals surface area contributed by atoms with Crippen LogP contribution in [0.25, 0.3) is 10.2 Å². The first-order valence-electron chi connectivity index (χ1n) is 5.71. The summed E-state index contributed by atoms with van der Waals surface area (Å²) in [4.78, 5) is 4.51. The van der Waals surface area contributed by atoms with Crippen molar-refractivity contribution in [2.75, 3.05) is 32.2 Å². The third kappa shape index (κ3) is 2.85. The molecule has 2 rings (SSSR count). The zero-order valence-electron chi connectivity index (χ0n) is 10.3. The second kappa shape index (κ2) is 6.22. The minimum Gasteiger partial charge on any atom is -0.492 e. The van der Waals surface area contributed by atoms with E-state index in [1.165, 1.54) is 11.3 Å². The summed E-state index contributed by atoms with van der Waals surface area (Å²) in [5, 5.41) is 4.73. The number of thiazole rings is 1. The van der Waals surface area contributed by atoms with Crippen molar-refractivity contribution in [1.82, 2.24) is 4.98 Å². The van der Waals surface area contributed by atoms with Crippen molar-refractivity contribution in [3.8, 4) is 5.75 Å². The zero-order chi connectivity index (χ0) is 13.0. The van der Waals surface area contributed by atoms with E-state index in [2.05, 4.69) is 10.3 Å². The van der Waals surface area contributed by atoms with Gasteiger partial charge in [-0.15, -0.1) is 0 Å². The van der Waals surface area contributed by atoms with E-state index in [0.29, 0.717) is 18.2 Å². The van der Waals surface area contributed by atoms with E-state index in [4.69, 9.17) is 21.1 Å². The summed E-state index contributed by atoms with van der Waals surface area (Å²) in [5.41, 5.74) is 0.814. The minimum atomic E-state index is 0.612. The Balaban J connectivity index is 2.30. The van der Waals surface area contributed by atoms with E-state index in [1.54, 1.807) is 7.11 Å². The van der Waals surface area contributed by atoms with Gasteiger partial charge in [0.05, 0.1) is 22.9 Å². The van der Waals surface area contributed by atoms with Gasteiger partial charge in [-0.1, -0.05) is 22.9 Å². The smallest absolute Gasteiger partial charge is 0.184 e. The SMILES string of the molecule is CCOc1ccc(Cl)c2sc(NCCOC)nc12. The van der Waals surface area contributed by atoms with Gasteiger partial charge in [-0.05, 0) is 19.1 Å². The number of hydrogen-bond acceptors (Lipinski definition) is 5. The number of benzene rings is 1. The first-order valence-corrected chi connectivity index (χ1v) is 6.90. The summed E-state index contributed by atoms with van der Waals surface area (Å²) < 4.78 is 11.5. The maximum Gasteiger partial charge on any atom is 0.184 e. The molecule has 18 heavy (non-hydrogen) atoms. The number of aromatic nitrogens is 1. The molecule has 2 aromatic rings. The van der Waals surface area contributed by atoms with Gasteiger partial charge in [0.2, 0.25) is 0 Å². The van der Waals surface area contributed by atoms with Gasteiger partial charge in [-0.3, -0.25) is 0 Å². The lowest BCUT2D eigenvalue weighted by molar-refractivity contribution is 0.211. The fourth-order valence-corrected chi connectivity index (χ4v) is 2.74. The summed E-state index contributed by atoms with van der Waals surface area (Å²) in [7, 11) is 1.67. The van der Waals surface area contributed by atoms with Crippen LogP contribution >= 0.6 is 22.9 Å². The second-order valence-corrected chi connectivity index (χ2v) is 5.00. The predicted octanol–water partition coefficient (Wildman–Crippen LogP) is 3.41. The highest BCUT2D eigenvalue weighted by atomic mass is 35.5. The molecule has 4 nitrogen and oxygen atoms in total. The highest BCUT2D eigenvalue weighted by Crippen LogP contribution is 2.37. The highest BCUT2D eigenvalue weighted by Gasteiger charge is 2.12. The van der Waals surface area contributed by atoms with E-state index < -0.39 is 0 Å². The molecule has 1 N–H and O–H groups in total. The van der Waals surface area contributed by atoms with Crippen LogP contribution in [0.15, 0.2) is 12.1 Å². The lowest BCUT2D eigenvalue weighted by atomic mass is 10.3. The number of fused-ring (bicyclic) bond motifs is 1. The summed E-state index contributed by atoms with van der Waals surface area (Å²) in [5.74, 6) is 0.771. The van der Waals surface area contributed by atoms with Crippen LogP contribution in [-0.2, 0) is 4.74 Å². The Hall–Kier alpha value is -1.04. The first kappa shape index (κ1) is 13.4. The maximum absolute atomic E-state index is 6.17. The number of halogens is 1. The fraction of sp³-hybridized carbons (Fsp3) is 0.417. The normalized spacial score (nSPS) is 10.8. The number of methoxy groups -OCH3 is 1. The van der Waals surface area contributed by atoms with Crippen LogP contribution in [0.3, 0.4) is 0 Å². The van der Waals surface area contributed by atoms with E-state index in [9.17, 15) is 0 Å². The van der Waals surface area contributed by atoms with Crippen molar-refractivity contribution in [1.29, 1.82) is 0 Å². The first-order chi connectivity index (χ1) is 8.76. The third-order valence-electron chi connectivity index (χ3n) is 2.34. The molecule has 1 aromatic heterocycles. The molecule has 0 aliphatic heterocycles. The van der Waals surface area contributed by atoms with Crippen LogP contribution in [0.4, 0.5) is 5.13 Å². The number of nitrogens with one attached hydrogen (secondary N) is 1. The molecule has 0 fully saturated rings. The molecule has 6 heteroatoms. The Morgan fingerprint density at radius 3 is 3.00 bits per heavy atom. The topological polar surface area (TPSA) is 43.4 Å². The largest absolute Gasteiger partial charge is 0.492 e. The molecule has 0 aliphatic carbocycles. The average Bonchev–Trinajstić information content (AvgIpc) is 2.78. The molecule has 0 amide bonds. The molecule has 98 valence electrons. The Morgan fingerprint density at radius 2 is 2.28 bits per heavy atom. The van der Waals surface area contributed by atoms with Crippen LogP contribution in [0.5, 0.6) is 5.75 Å². The molecule has 0 radical (unpaired) electrons. The van der Waals surface area contributed by atoms with Gasteiger partial charge in [0.15, 0.2) is 5.13 Å². The number of rotatable bonds is 6. The van der Waals surface area contributed by atoms with Gasteiger partial charge < -0.3 is 14.8 Å². The van der Waals surface area contributed by atoms with Crippen molar-refractivity contribution in [2.45, 2.75) is 6.92 Å². The van der Waals surface area contributed by atoms with Crippen LogP contribution in [-0.4, -0.2) is 31.9 Å². The Bertz CT molecular complexity index is 530. The molecule has 0 bridgehead atoms. The van der Waals surface area contributed by atoms with Crippen LogP contribution in [0.2, 0.25) is 5.02 Å². The minimum absolute atomic E-state index is 0.612. The highest BCUT2D eigenvalue weighted by molar-refractivity contribution is 7.22. The average molecular weight is 287 g/mol. The predicted molar refractivity (Wildman–Crippen MR) is 76.2 cm³/mol. The molecule has 0 aliphatic rings. The van der Waals surface area contributed by atoms with Gasteiger partial charge in [0.25, 0.3) is 0 Å². The molecular weight excluding hydrogens is 272 g/mol. The van der Waals surface area contributed by atoms with Crippen molar-refractivity contribution in [3.63, 3.8) is 0 Å². The molecule has 1 heterocycles. The monoisotopic (exact) mass is 286 g/mol. The molecule has 0 unspecified atom stereocenters. The van der Waals surface area contributed by atoms with E-state index in [1.807, 2.05) is 19.1 Å². The lowest BCUT2D eigenvalue weighted by Crippen LogP contribution is -2.06. The lowest BCUT2D eigenvalue weighted by Gasteiger charge is -2.03. The van der Waals surface area contributed by atoms with Crippen molar-refractivity contribution >= 4 is 38.3 Å². The maximum atomic E-state index is 6.17. The van der Waals surface area contributed by atoms with Crippen molar-refractivity contribution < 1.29 is 9.47 Å². The van der Waals surface area contributed by atoms with Gasteiger partial charge in [0, 0.05) is 13.7 Å². The van der Waals surface area contributed by atoms with Gasteiger partial charge in [-0.2, -0.15) is 0 Å². The number of ether oxygens (including phenoxy) is 2. The molecular formula is C12H15ClN2O2S. The van der Waals surface area contributed by atoms with Crippen LogP contribution in [0.1, 0.15) is 6.92 Å². The van der Waals surface area contributed by atoms with Gasteiger partial charge >= 0.3 is 0 Å². The Kier molecular flexibility index (Phi) is 4.63. The fourth-order valence-electron chi connectivity index (χ4n) is 1.56. The van der Waals surface area contributed by atoms with Crippen molar-refractivity contribution in [3.05, 3.63) is 17.2 Å². The van der Waals surface area contributed by atoms with E-state index in [-0.39, 0.29) is 0 Å². The standard InChI is InChI=1S/C12H15ClN2O2S/c1-3-17-9-5-4-8(13)11-10(9)15-12(18-11)14-6-7-16-2/h4-5H,3,6-7H2,1-2H3,(H,14,15). The quantitative estimate of drug-likeness (QED) is 0.827. The molecule has 0 spiro atoms. The van der Waals surface area contributed by atoms with Gasteiger partial charge in [-0.25, -0.2) is 4.98 Å². The van der Waals surface area contributed by atoms with Crippen molar-refractivity contribution in [2.24, 2.45) is 0 Å². The Morgan fingerprint density at radius 1 is 1.44 bits per heavy atom. The summed E-state index contributed by atoms with van der Waals surface area (Å²) in [6.45, 7) is 3.92. The summed E-state index contributed by atoms with van der Waals surface area (Å²) in [6, 6.07) is 3.69. The van der Waals surface area contributed by atoms with E-state index >= 15 is 0 Å². The molecule has 0 saturated carbocycles. The number of hydrogen-bond donors (Lipinski definition) is 1. The summed E-state index contributed by atoms with van der Waals surface area (Å²) >= 11 is 7.69. The summed E-state index contributed by atoms with van der Waals surface area (Å²) in [6.07, 6.45) is 0. The third-order valence-corrected chi connectivity index (χ3v) is 3.81. The number of anilines is 1. The number of nitrogens with zero attached hydrogens (tertiary/aromatic N) is 1. The van der Waals surface area contributed by atoms with Gasteiger partial charge in [0.1, 0.15) is 11.3 Å². The van der Waals surface area contributed by atoms with E-state index in [0.717, 1.165) is 27.6 Å². The molecule has 0 saturated heterocycles. The molecule has 1 aromatic carbocycles. The second-order valence-electron chi connectivity index (χ2n) is 3.59. The van der Waals surface area contributed by atoms with Crippen LogP contribution in [0, 0.1) is 0 Å². The van der Waals surface area contributed by atoms with Crippen LogP contribution < -0.4 is 10.1 Å². The zero-order valence-corrected chi connectivity index (χ0v) is 11.9.